The van der Waals surface area contributed by atoms with Crippen LogP contribution in [0.5, 0.6) is 0 Å². The third-order valence-electron chi connectivity index (χ3n) is 5.50. The average Bonchev–Trinajstić information content (AvgIpc) is 3.21. The first kappa shape index (κ1) is 22.7. The molecule has 2 heterocycles. The molecule has 1 aromatic carbocycles. The molecular formula is C20H18F6N4OS. The number of amides is 1. The maximum Gasteiger partial charge on any atom is 0.435 e. The van der Waals surface area contributed by atoms with E-state index < -0.39 is 34.9 Å². The molecule has 1 amide bonds. The monoisotopic (exact) mass is 476 g/mol. The number of nitrogens with one attached hydrogen (secondary N) is 1. The topological polar surface area (TPSA) is 59.3 Å². The molecule has 1 aliphatic heterocycles. The van der Waals surface area contributed by atoms with E-state index in [9.17, 15) is 31.1 Å². The van der Waals surface area contributed by atoms with E-state index in [1.54, 1.807) is 19.1 Å². The van der Waals surface area contributed by atoms with Crippen LogP contribution in [0.1, 0.15) is 52.1 Å². The third-order valence-corrected chi connectivity index (χ3v) is 6.71. The highest BCUT2D eigenvalue weighted by Crippen LogP contribution is 2.57. The van der Waals surface area contributed by atoms with Gasteiger partial charge in [0.2, 0.25) is 0 Å². The number of rotatable bonds is 4. The van der Waals surface area contributed by atoms with Crippen molar-refractivity contribution in [2.24, 2.45) is 11.4 Å². The molecule has 1 saturated carbocycles. The highest BCUT2D eigenvalue weighted by atomic mass is 32.2. The number of carbonyl (C=O) groups is 1. The van der Waals surface area contributed by atoms with Gasteiger partial charge in [-0.3, -0.25) is 9.48 Å². The summed E-state index contributed by atoms with van der Waals surface area (Å²) in [7, 11) is 1.04. The molecule has 1 unspecified atom stereocenters. The number of hydrogen-bond acceptors (Lipinski definition) is 4. The molecule has 4 rings (SSSR count). The van der Waals surface area contributed by atoms with Gasteiger partial charge in [0.15, 0.2) is 10.4 Å². The van der Waals surface area contributed by atoms with Crippen LogP contribution in [0, 0.1) is 6.92 Å². The molecule has 172 valence electrons. The molecule has 5 nitrogen and oxygen atoms in total. The highest BCUT2D eigenvalue weighted by molar-refractivity contribution is 7.99. The lowest BCUT2D eigenvalue weighted by Gasteiger charge is -2.29. The summed E-state index contributed by atoms with van der Waals surface area (Å²) in [4.78, 5) is 12.5. The number of carbonyl (C=O) groups excluding carboxylic acids is 1. The number of aryl methyl sites for hydroxylation is 2. The SMILES string of the molecule is Cc1ccc(C2=NSC(c3cc(C(F)(F)F)nn3C)(C(F)(F)F)C2)cc1C(=O)NC1CC1. The fourth-order valence-electron chi connectivity index (χ4n) is 3.54. The van der Waals surface area contributed by atoms with Crippen molar-refractivity contribution in [1.82, 2.24) is 15.1 Å². The highest BCUT2D eigenvalue weighted by Gasteiger charge is 2.62. The number of halogens is 6. The van der Waals surface area contributed by atoms with Crippen molar-refractivity contribution in [3.05, 3.63) is 52.3 Å². The van der Waals surface area contributed by atoms with Gasteiger partial charge in [0.1, 0.15) is 0 Å². The summed E-state index contributed by atoms with van der Waals surface area (Å²) in [6.45, 7) is 1.71. The third kappa shape index (κ3) is 4.00. The van der Waals surface area contributed by atoms with Crippen LogP contribution in [0.4, 0.5) is 26.3 Å². The summed E-state index contributed by atoms with van der Waals surface area (Å²) >= 11 is 0.164. The molecule has 2 aromatic rings. The summed E-state index contributed by atoms with van der Waals surface area (Å²) in [5, 5.41) is 6.08. The van der Waals surface area contributed by atoms with Crippen LogP contribution in [0.25, 0.3) is 0 Å². The van der Waals surface area contributed by atoms with E-state index in [0.717, 1.165) is 19.9 Å². The van der Waals surface area contributed by atoms with Crippen molar-refractivity contribution >= 4 is 23.6 Å². The molecule has 2 aliphatic rings. The van der Waals surface area contributed by atoms with Crippen molar-refractivity contribution in [3.63, 3.8) is 0 Å². The lowest BCUT2D eigenvalue weighted by atomic mass is 9.91. The van der Waals surface area contributed by atoms with Gasteiger partial charge in [0.25, 0.3) is 5.91 Å². The minimum absolute atomic E-state index is 0.0440. The van der Waals surface area contributed by atoms with E-state index in [4.69, 9.17) is 0 Å². The van der Waals surface area contributed by atoms with E-state index in [1.807, 2.05) is 0 Å². The maximum absolute atomic E-state index is 14.2. The Labute approximate surface area is 183 Å². The number of aromatic nitrogens is 2. The maximum atomic E-state index is 14.2. The van der Waals surface area contributed by atoms with E-state index in [2.05, 4.69) is 14.8 Å². The molecule has 32 heavy (non-hydrogen) atoms. The van der Waals surface area contributed by atoms with Crippen LogP contribution in [-0.2, 0) is 18.0 Å². The van der Waals surface area contributed by atoms with Crippen LogP contribution >= 0.6 is 11.9 Å². The fourth-order valence-corrected chi connectivity index (χ4v) is 4.57. The normalized spacial score (nSPS) is 21.6. The Morgan fingerprint density at radius 2 is 1.88 bits per heavy atom. The van der Waals surface area contributed by atoms with Gasteiger partial charge < -0.3 is 5.32 Å². The van der Waals surface area contributed by atoms with Crippen LogP contribution in [0.3, 0.4) is 0 Å². The van der Waals surface area contributed by atoms with Crippen LogP contribution in [0.2, 0.25) is 0 Å². The molecule has 1 aromatic heterocycles. The van der Waals surface area contributed by atoms with Crippen LogP contribution < -0.4 is 5.32 Å². The molecule has 0 bridgehead atoms. The van der Waals surface area contributed by atoms with E-state index in [-0.39, 0.29) is 29.6 Å². The van der Waals surface area contributed by atoms with Crippen molar-refractivity contribution in [3.8, 4) is 0 Å². The summed E-state index contributed by atoms with van der Waals surface area (Å²) in [5.41, 5.74) is -0.703. The second-order valence-electron chi connectivity index (χ2n) is 7.94. The summed E-state index contributed by atoms with van der Waals surface area (Å²) < 4.78 is 83.7. The molecular weight excluding hydrogens is 458 g/mol. The first-order valence-electron chi connectivity index (χ1n) is 9.67. The molecule has 1 N–H and O–H groups in total. The molecule has 1 fully saturated rings. The zero-order valence-corrected chi connectivity index (χ0v) is 17.8. The average molecular weight is 476 g/mol. The Morgan fingerprint density at radius 3 is 2.44 bits per heavy atom. The Kier molecular flexibility index (Phi) is 5.34. The zero-order valence-electron chi connectivity index (χ0n) is 16.9. The molecule has 0 radical (unpaired) electrons. The Balaban J connectivity index is 1.69. The minimum Gasteiger partial charge on any atom is -0.349 e. The van der Waals surface area contributed by atoms with Gasteiger partial charge in [-0.1, -0.05) is 12.1 Å². The Morgan fingerprint density at radius 1 is 1.19 bits per heavy atom. The van der Waals surface area contributed by atoms with Crippen molar-refractivity contribution in [2.75, 3.05) is 0 Å². The standard InChI is InChI=1S/C20H18F6N4OS/c1-10-3-4-11(7-13(10)17(31)27-12-5-6-12)14-9-18(32-29-14,20(24,25)26)16-8-15(19(21,22)23)28-30(16)2/h3-4,7-8,12H,5-6,9H2,1-2H3,(H,27,31). The van der Waals surface area contributed by atoms with Gasteiger partial charge in [0.05, 0.1) is 11.4 Å². The fraction of sp³-hybridized carbons (Fsp3) is 0.450. The number of benzene rings is 1. The summed E-state index contributed by atoms with van der Waals surface area (Å²) in [6, 6.07) is 5.17. The lowest BCUT2D eigenvalue weighted by molar-refractivity contribution is -0.161. The van der Waals surface area contributed by atoms with Crippen molar-refractivity contribution in [1.29, 1.82) is 0 Å². The zero-order chi connectivity index (χ0) is 23.5. The van der Waals surface area contributed by atoms with Gasteiger partial charge in [-0.2, -0.15) is 31.4 Å². The van der Waals surface area contributed by atoms with Gasteiger partial charge in [-0.15, -0.1) is 0 Å². The van der Waals surface area contributed by atoms with Gasteiger partial charge in [-0.05, 0) is 55.0 Å². The van der Waals surface area contributed by atoms with Crippen molar-refractivity contribution < 1.29 is 31.1 Å². The quantitative estimate of drug-likeness (QED) is 0.503. The van der Waals surface area contributed by atoms with Crippen molar-refractivity contribution in [2.45, 2.75) is 49.3 Å². The minimum atomic E-state index is -4.91. The Bertz CT molecular complexity index is 1100. The van der Waals surface area contributed by atoms with Gasteiger partial charge >= 0.3 is 12.4 Å². The number of hydrogen-bond donors (Lipinski definition) is 1. The second-order valence-corrected chi connectivity index (χ2v) is 9.01. The molecule has 0 spiro atoms. The largest absolute Gasteiger partial charge is 0.435 e. The first-order chi connectivity index (χ1) is 14.8. The Hall–Kier alpha value is -2.50. The number of alkyl halides is 6. The molecule has 1 aliphatic carbocycles. The van der Waals surface area contributed by atoms with E-state index in [1.165, 1.54) is 6.07 Å². The summed E-state index contributed by atoms with van der Waals surface area (Å²) in [5.74, 6) is -0.318. The predicted molar refractivity (Wildman–Crippen MR) is 106 cm³/mol. The van der Waals surface area contributed by atoms with E-state index in [0.29, 0.717) is 27.4 Å². The first-order valence-corrected chi connectivity index (χ1v) is 10.4. The molecule has 12 heteroatoms. The van der Waals surface area contributed by atoms with E-state index >= 15 is 0 Å². The van der Waals surface area contributed by atoms with Crippen LogP contribution in [-0.4, -0.2) is 33.6 Å². The summed E-state index contributed by atoms with van der Waals surface area (Å²) in [6.07, 6.45) is -8.71. The van der Waals surface area contributed by atoms with Gasteiger partial charge in [0, 0.05) is 25.1 Å². The lowest BCUT2D eigenvalue weighted by Crippen LogP contribution is -2.40. The van der Waals surface area contributed by atoms with Crippen LogP contribution in [0.15, 0.2) is 28.7 Å². The van der Waals surface area contributed by atoms with Gasteiger partial charge in [-0.25, -0.2) is 4.40 Å². The number of nitrogens with zero attached hydrogens (tertiary/aromatic N) is 3. The molecule has 0 saturated heterocycles. The smallest absolute Gasteiger partial charge is 0.349 e. The molecule has 1 atom stereocenters. The second kappa shape index (κ2) is 7.53. The predicted octanol–water partition coefficient (Wildman–Crippen LogP) is 4.94.